The van der Waals surface area contributed by atoms with Gasteiger partial charge in [-0.05, 0) is 26.1 Å². The summed E-state index contributed by atoms with van der Waals surface area (Å²) in [7, 11) is 5.92. The molecule has 0 amide bonds. The predicted octanol–water partition coefficient (Wildman–Crippen LogP) is 1.80. The van der Waals surface area contributed by atoms with Gasteiger partial charge in [0, 0.05) is 33.8 Å². The monoisotopic (exact) mass is 290 g/mol. The van der Waals surface area contributed by atoms with Crippen LogP contribution in [0.5, 0.6) is 0 Å². The van der Waals surface area contributed by atoms with E-state index in [4.69, 9.17) is 9.72 Å². The third kappa shape index (κ3) is 4.03. The first kappa shape index (κ1) is 15.9. The number of ether oxygens (including phenoxy) is 1. The lowest BCUT2D eigenvalue weighted by molar-refractivity contribution is 0.161. The number of likely N-dealkylation sites (N-methyl/N-ethyl adjacent to an activating group) is 1. The lowest BCUT2D eigenvalue weighted by atomic mass is 10.3. The molecule has 5 heteroatoms. The summed E-state index contributed by atoms with van der Waals surface area (Å²) < 4.78 is 7.25. The molecule has 116 valence electrons. The van der Waals surface area contributed by atoms with Gasteiger partial charge in [-0.2, -0.15) is 0 Å². The standard InChI is InChI=1S/C16H26N4O/c1-13(17-9-10-19(2)11-12-21-4)16-18-14-7-5-6-8-15(14)20(16)3/h5-8,13,17H,9-12H2,1-4H3. The third-order valence-electron chi connectivity index (χ3n) is 3.83. The van der Waals surface area contributed by atoms with Gasteiger partial charge in [-0.3, -0.25) is 0 Å². The molecule has 1 heterocycles. The highest BCUT2D eigenvalue weighted by atomic mass is 16.5. The molecule has 2 rings (SSSR count). The molecule has 1 atom stereocenters. The number of nitrogens with one attached hydrogen (secondary N) is 1. The van der Waals surface area contributed by atoms with Gasteiger partial charge in [-0.1, -0.05) is 12.1 Å². The second-order valence-electron chi connectivity index (χ2n) is 5.49. The number of nitrogens with zero attached hydrogens (tertiary/aromatic N) is 3. The first-order valence-electron chi connectivity index (χ1n) is 7.45. The summed E-state index contributed by atoms with van der Waals surface area (Å²) in [5.41, 5.74) is 2.24. The molecule has 0 aliphatic carbocycles. The molecule has 0 spiro atoms. The van der Waals surface area contributed by atoms with E-state index in [0.717, 1.165) is 37.6 Å². The minimum Gasteiger partial charge on any atom is -0.383 e. The van der Waals surface area contributed by atoms with Crippen LogP contribution in [0.15, 0.2) is 24.3 Å². The van der Waals surface area contributed by atoms with Crippen molar-refractivity contribution in [1.29, 1.82) is 0 Å². The molecule has 5 nitrogen and oxygen atoms in total. The molecule has 0 radical (unpaired) electrons. The average molecular weight is 290 g/mol. The summed E-state index contributed by atoms with van der Waals surface area (Å²) in [6, 6.07) is 8.48. The van der Waals surface area contributed by atoms with Crippen molar-refractivity contribution >= 4 is 11.0 Å². The van der Waals surface area contributed by atoms with Crippen molar-refractivity contribution in [3.8, 4) is 0 Å². The maximum absolute atomic E-state index is 5.08. The molecule has 0 fully saturated rings. The highest BCUT2D eigenvalue weighted by Gasteiger charge is 2.13. The molecular weight excluding hydrogens is 264 g/mol. The Balaban J connectivity index is 1.90. The first-order chi connectivity index (χ1) is 10.1. The fraction of sp³-hybridized carbons (Fsp3) is 0.562. The minimum atomic E-state index is 0.234. The summed E-state index contributed by atoms with van der Waals surface area (Å²) in [6.45, 7) is 5.83. The van der Waals surface area contributed by atoms with E-state index in [2.05, 4.69) is 54.0 Å². The van der Waals surface area contributed by atoms with Crippen molar-refractivity contribution in [2.75, 3.05) is 40.4 Å². The Bertz CT molecular complexity index is 566. The third-order valence-corrected chi connectivity index (χ3v) is 3.83. The fourth-order valence-corrected chi connectivity index (χ4v) is 2.47. The van der Waals surface area contributed by atoms with Gasteiger partial charge in [0.15, 0.2) is 0 Å². The molecule has 0 aliphatic rings. The number of imidazole rings is 1. The molecule has 1 N–H and O–H groups in total. The molecule has 2 aromatic rings. The van der Waals surface area contributed by atoms with E-state index in [9.17, 15) is 0 Å². The Morgan fingerprint density at radius 3 is 2.81 bits per heavy atom. The number of methoxy groups -OCH3 is 1. The van der Waals surface area contributed by atoms with Gasteiger partial charge >= 0.3 is 0 Å². The van der Waals surface area contributed by atoms with Crippen LogP contribution in [0.25, 0.3) is 11.0 Å². The molecule has 1 aromatic carbocycles. The molecule has 1 aromatic heterocycles. The second kappa shape index (κ2) is 7.54. The van der Waals surface area contributed by atoms with Crippen LogP contribution < -0.4 is 5.32 Å². The number of rotatable bonds is 8. The van der Waals surface area contributed by atoms with Gasteiger partial charge in [-0.25, -0.2) is 4.98 Å². The molecule has 21 heavy (non-hydrogen) atoms. The van der Waals surface area contributed by atoms with Crippen LogP contribution in [-0.2, 0) is 11.8 Å². The van der Waals surface area contributed by atoms with Crippen molar-refractivity contribution in [2.24, 2.45) is 7.05 Å². The SMILES string of the molecule is COCCN(C)CCNC(C)c1nc2ccccc2n1C. The molecule has 0 aliphatic heterocycles. The summed E-state index contributed by atoms with van der Waals surface area (Å²) in [5, 5.41) is 3.54. The number of aromatic nitrogens is 2. The summed E-state index contributed by atoms with van der Waals surface area (Å²) >= 11 is 0. The molecule has 0 bridgehead atoms. The molecule has 0 saturated heterocycles. The number of benzene rings is 1. The summed E-state index contributed by atoms with van der Waals surface area (Å²) in [4.78, 5) is 6.99. The Kier molecular flexibility index (Phi) is 5.73. The number of hydrogen-bond donors (Lipinski definition) is 1. The van der Waals surface area contributed by atoms with Gasteiger partial charge in [-0.15, -0.1) is 0 Å². The zero-order chi connectivity index (χ0) is 15.2. The van der Waals surface area contributed by atoms with Crippen LogP contribution >= 0.6 is 0 Å². The van der Waals surface area contributed by atoms with Gasteiger partial charge in [0.05, 0.1) is 23.7 Å². The van der Waals surface area contributed by atoms with Crippen molar-refractivity contribution in [1.82, 2.24) is 19.8 Å². The zero-order valence-electron chi connectivity index (χ0n) is 13.5. The normalized spacial score (nSPS) is 13.2. The maximum Gasteiger partial charge on any atom is 0.126 e. The van der Waals surface area contributed by atoms with E-state index in [0.29, 0.717) is 0 Å². The van der Waals surface area contributed by atoms with E-state index in [1.807, 2.05) is 6.07 Å². The number of fused-ring (bicyclic) bond motifs is 1. The summed E-state index contributed by atoms with van der Waals surface area (Å²) in [5.74, 6) is 1.08. The Morgan fingerprint density at radius 1 is 1.33 bits per heavy atom. The van der Waals surface area contributed by atoms with Crippen molar-refractivity contribution in [3.63, 3.8) is 0 Å². The quantitative estimate of drug-likeness (QED) is 0.805. The van der Waals surface area contributed by atoms with E-state index >= 15 is 0 Å². The topological polar surface area (TPSA) is 42.3 Å². The van der Waals surface area contributed by atoms with Gasteiger partial charge < -0.3 is 19.5 Å². The summed E-state index contributed by atoms with van der Waals surface area (Å²) in [6.07, 6.45) is 0. The fourth-order valence-electron chi connectivity index (χ4n) is 2.47. The van der Waals surface area contributed by atoms with Crippen LogP contribution in [0.3, 0.4) is 0 Å². The van der Waals surface area contributed by atoms with Gasteiger partial charge in [0.2, 0.25) is 0 Å². The number of hydrogen-bond acceptors (Lipinski definition) is 4. The maximum atomic E-state index is 5.08. The Hall–Kier alpha value is -1.43. The van der Waals surface area contributed by atoms with Crippen molar-refractivity contribution in [2.45, 2.75) is 13.0 Å². The molecule has 1 unspecified atom stereocenters. The van der Waals surface area contributed by atoms with Gasteiger partial charge in [0.1, 0.15) is 5.82 Å². The number of para-hydroxylation sites is 2. The van der Waals surface area contributed by atoms with Crippen LogP contribution in [0.2, 0.25) is 0 Å². The van der Waals surface area contributed by atoms with Crippen LogP contribution in [0, 0.1) is 0 Å². The van der Waals surface area contributed by atoms with Crippen molar-refractivity contribution < 1.29 is 4.74 Å². The highest BCUT2D eigenvalue weighted by molar-refractivity contribution is 5.75. The largest absolute Gasteiger partial charge is 0.383 e. The van der Waals surface area contributed by atoms with E-state index in [-0.39, 0.29) is 6.04 Å². The first-order valence-corrected chi connectivity index (χ1v) is 7.45. The number of aryl methyl sites for hydroxylation is 1. The lowest BCUT2D eigenvalue weighted by Gasteiger charge is -2.19. The lowest BCUT2D eigenvalue weighted by Crippen LogP contribution is -2.33. The zero-order valence-corrected chi connectivity index (χ0v) is 13.5. The van der Waals surface area contributed by atoms with E-state index < -0.39 is 0 Å². The van der Waals surface area contributed by atoms with E-state index in [1.165, 1.54) is 5.52 Å². The van der Waals surface area contributed by atoms with E-state index in [1.54, 1.807) is 7.11 Å². The Morgan fingerprint density at radius 2 is 2.10 bits per heavy atom. The minimum absolute atomic E-state index is 0.234. The van der Waals surface area contributed by atoms with Crippen LogP contribution in [0.4, 0.5) is 0 Å². The van der Waals surface area contributed by atoms with Crippen molar-refractivity contribution in [3.05, 3.63) is 30.1 Å². The smallest absolute Gasteiger partial charge is 0.126 e. The molecule has 0 saturated carbocycles. The van der Waals surface area contributed by atoms with Crippen LogP contribution in [-0.4, -0.2) is 54.8 Å². The van der Waals surface area contributed by atoms with Gasteiger partial charge in [0.25, 0.3) is 0 Å². The second-order valence-corrected chi connectivity index (χ2v) is 5.49. The predicted molar refractivity (Wildman–Crippen MR) is 86.5 cm³/mol. The van der Waals surface area contributed by atoms with Crippen LogP contribution in [0.1, 0.15) is 18.8 Å². The average Bonchev–Trinajstić information content (AvgIpc) is 2.83. The Labute approximate surface area is 126 Å². The molecular formula is C16H26N4O. The highest BCUT2D eigenvalue weighted by Crippen LogP contribution is 2.18.